The SMILES string of the molecule is COCCNC(=O)/C(C#N)=c1\s/c(=C\c2ccc(C)s2)c(=O)n1-c1ccccc1OC. The van der Waals surface area contributed by atoms with E-state index >= 15 is 0 Å². The number of thiazole rings is 1. The number of rotatable bonds is 7. The van der Waals surface area contributed by atoms with Gasteiger partial charge in [0.05, 0.1) is 23.9 Å². The Morgan fingerprint density at radius 1 is 1.23 bits per heavy atom. The Morgan fingerprint density at radius 2 is 2.00 bits per heavy atom. The largest absolute Gasteiger partial charge is 0.495 e. The first-order chi connectivity index (χ1) is 15.0. The van der Waals surface area contributed by atoms with Crippen molar-refractivity contribution >= 4 is 40.2 Å². The molecule has 1 aromatic carbocycles. The third-order valence-electron chi connectivity index (χ3n) is 4.33. The van der Waals surface area contributed by atoms with Crippen LogP contribution in [0.15, 0.2) is 41.2 Å². The Labute approximate surface area is 187 Å². The van der Waals surface area contributed by atoms with Crippen molar-refractivity contribution < 1.29 is 14.3 Å². The number of methoxy groups -OCH3 is 2. The van der Waals surface area contributed by atoms with Crippen LogP contribution in [0.1, 0.15) is 9.75 Å². The van der Waals surface area contributed by atoms with E-state index in [0.717, 1.165) is 21.1 Å². The Morgan fingerprint density at radius 3 is 2.65 bits per heavy atom. The van der Waals surface area contributed by atoms with Crippen LogP contribution in [0.3, 0.4) is 0 Å². The topological polar surface area (TPSA) is 93.4 Å². The minimum atomic E-state index is -0.567. The second-order valence-electron chi connectivity index (χ2n) is 6.41. The van der Waals surface area contributed by atoms with Crippen LogP contribution < -0.4 is 24.8 Å². The van der Waals surface area contributed by atoms with E-state index in [0.29, 0.717) is 22.6 Å². The number of carbonyl (C=O) groups excluding carboxylic acids is 1. The van der Waals surface area contributed by atoms with Crippen molar-refractivity contribution in [2.45, 2.75) is 6.92 Å². The molecule has 0 aliphatic heterocycles. The van der Waals surface area contributed by atoms with Crippen molar-refractivity contribution in [1.29, 1.82) is 5.26 Å². The van der Waals surface area contributed by atoms with Crippen molar-refractivity contribution in [3.05, 3.63) is 65.7 Å². The lowest BCUT2D eigenvalue weighted by Crippen LogP contribution is -2.34. The summed E-state index contributed by atoms with van der Waals surface area (Å²) in [5.41, 5.74) is -0.0141. The van der Waals surface area contributed by atoms with Crippen LogP contribution in [0.4, 0.5) is 0 Å². The molecule has 31 heavy (non-hydrogen) atoms. The van der Waals surface area contributed by atoms with Crippen molar-refractivity contribution in [2.75, 3.05) is 27.4 Å². The molecule has 0 atom stereocenters. The maximum absolute atomic E-state index is 13.4. The summed E-state index contributed by atoms with van der Waals surface area (Å²) in [6.07, 6.45) is 1.78. The van der Waals surface area contributed by atoms with Crippen molar-refractivity contribution in [1.82, 2.24) is 9.88 Å². The molecule has 0 aliphatic rings. The highest BCUT2D eigenvalue weighted by Gasteiger charge is 2.18. The molecule has 2 aromatic heterocycles. The van der Waals surface area contributed by atoms with Gasteiger partial charge in [-0.1, -0.05) is 12.1 Å². The number of nitriles is 1. The van der Waals surface area contributed by atoms with Crippen LogP contribution in [0, 0.1) is 18.3 Å². The van der Waals surface area contributed by atoms with E-state index in [1.807, 2.05) is 25.1 Å². The highest BCUT2D eigenvalue weighted by molar-refractivity contribution is 7.13. The molecule has 0 bridgehead atoms. The van der Waals surface area contributed by atoms with Gasteiger partial charge in [0.15, 0.2) is 5.57 Å². The lowest BCUT2D eigenvalue weighted by atomic mass is 10.2. The Kier molecular flexibility index (Phi) is 7.41. The fourth-order valence-electron chi connectivity index (χ4n) is 2.89. The summed E-state index contributed by atoms with van der Waals surface area (Å²) in [6.45, 7) is 2.55. The summed E-state index contributed by atoms with van der Waals surface area (Å²) < 4.78 is 12.4. The van der Waals surface area contributed by atoms with Crippen LogP contribution in [-0.4, -0.2) is 37.8 Å². The molecule has 3 rings (SSSR count). The number of ether oxygens (including phenoxy) is 2. The highest BCUT2D eigenvalue weighted by atomic mass is 32.1. The lowest BCUT2D eigenvalue weighted by Gasteiger charge is -2.09. The zero-order valence-corrected chi connectivity index (χ0v) is 18.9. The molecule has 0 unspecified atom stereocenters. The number of thiophene rings is 1. The Balaban J connectivity index is 2.33. The zero-order chi connectivity index (χ0) is 22.4. The third kappa shape index (κ3) is 4.94. The summed E-state index contributed by atoms with van der Waals surface area (Å²) in [4.78, 5) is 28.1. The predicted molar refractivity (Wildman–Crippen MR) is 122 cm³/mol. The number of hydrogen-bond donors (Lipinski definition) is 1. The van der Waals surface area contributed by atoms with Crippen LogP contribution in [-0.2, 0) is 9.53 Å². The van der Waals surface area contributed by atoms with Gasteiger partial charge in [0.25, 0.3) is 11.5 Å². The maximum atomic E-state index is 13.4. The summed E-state index contributed by atoms with van der Waals surface area (Å²) in [5.74, 6) is -0.109. The standard InChI is InChI=1S/C22H21N3O4S2/c1-14-8-9-15(30-14)12-19-21(27)25(17-6-4-5-7-18(17)29-3)22(31-19)16(13-23)20(26)24-10-11-28-2/h4-9,12H,10-11H2,1-3H3,(H,24,26)/b19-12-,22-16-. The van der Waals surface area contributed by atoms with Gasteiger partial charge in [-0.15, -0.1) is 22.7 Å². The first kappa shape index (κ1) is 22.5. The van der Waals surface area contributed by atoms with E-state index in [4.69, 9.17) is 9.47 Å². The lowest BCUT2D eigenvalue weighted by molar-refractivity contribution is -0.115. The number of benzene rings is 1. The smallest absolute Gasteiger partial charge is 0.273 e. The van der Waals surface area contributed by atoms with Crippen molar-refractivity contribution in [3.63, 3.8) is 0 Å². The average molecular weight is 456 g/mol. The fourth-order valence-corrected chi connectivity index (χ4v) is 4.88. The number of hydrogen-bond acceptors (Lipinski definition) is 7. The molecule has 1 amide bonds. The van der Waals surface area contributed by atoms with E-state index in [9.17, 15) is 14.9 Å². The fraction of sp³-hybridized carbons (Fsp3) is 0.227. The van der Waals surface area contributed by atoms with Crippen LogP contribution >= 0.6 is 22.7 Å². The molecule has 7 nitrogen and oxygen atoms in total. The van der Waals surface area contributed by atoms with Gasteiger partial charge in [-0.2, -0.15) is 5.26 Å². The molecule has 3 aromatic rings. The summed E-state index contributed by atoms with van der Waals surface area (Å²) in [7, 11) is 3.03. The van der Waals surface area contributed by atoms with E-state index in [1.54, 1.807) is 41.7 Å². The number of nitrogens with one attached hydrogen (secondary N) is 1. The van der Waals surface area contributed by atoms with Crippen LogP contribution in [0.2, 0.25) is 0 Å². The summed E-state index contributed by atoms with van der Waals surface area (Å²) in [5, 5.41) is 12.4. The minimum Gasteiger partial charge on any atom is -0.495 e. The first-order valence-electron chi connectivity index (χ1n) is 9.35. The van der Waals surface area contributed by atoms with Gasteiger partial charge in [0.2, 0.25) is 0 Å². The molecular weight excluding hydrogens is 434 g/mol. The first-order valence-corrected chi connectivity index (χ1v) is 11.0. The van der Waals surface area contributed by atoms with E-state index < -0.39 is 5.91 Å². The van der Waals surface area contributed by atoms with E-state index in [1.165, 1.54) is 18.8 Å². The predicted octanol–water partition coefficient (Wildman–Crippen LogP) is 1.54. The molecule has 0 saturated heterocycles. The van der Waals surface area contributed by atoms with Gasteiger partial charge in [0, 0.05) is 23.4 Å². The number of nitrogens with zero attached hydrogens (tertiary/aromatic N) is 2. The monoisotopic (exact) mass is 455 g/mol. The molecular formula is C22H21N3O4S2. The van der Waals surface area contributed by atoms with Crippen LogP contribution in [0.25, 0.3) is 17.3 Å². The third-order valence-corrected chi connectivity index (χ3v) is 6.37. The molecule has 0 saturated carbocycles. The summed E-state index contributed by atoms with van der Waals surface area (Å²) in [6, 6.07) is 12.9. The molecule has 160 valence electrons. The molecule has 0 radical (unpaired) electrons. The van der Waals surface area contributed by atoms with Gasteiger partial charge in [-0.3, -0.25) is 14.2 Å². The molecule has 0 aliphatic carbocycles. The zero-order valence-electron chi connectivity index (χ0n) is 17.3. The normalized spacial score (nSPS) is 12.4. The molecule has 9 heteroatoms. The van der Waals surface area contributed by atoms with Gasteiger partial charge >= 0.3 is 0 Å². The van der Waals surface area contributed by atoms with Crippen molar-refractivity contribution in [2.24, 2.45) is 0 Å². The second-order valence-corrected chi connectivity index (χ2v) is 8.76. The van der Waals surface area contributed by atoms with E-state index in [-0.39, 0.29) is 22.3 Å². The van der Waals surface area contributed by atoms with E-state index in [2.05, 4.69) is 5.32 Å². The average Bonchev–Trinajstić information content (AvgIpc) is 3.32. The van der Waals surface area contributed by atoms with Gasteiger partial charge in [-0.25, -0.2) is 0 Å². The summed E-state index contributed by atoms with van der Waals surface area (Å²) >= 11 is 2.66. The van der Waals surface area contributed by atoms with Crippen LogP contribution in [0.5, 0.6) is 5.75 Å². The number of carbonyl (C=O) groups is 1. The number of aromatic nitrogens is 1. The van der Waals surface area contributed by atoms with Gasteiger partial charge < -0.3 is 14.8 Å². The minimum absolute atomic E-state index is 0.147. The Hall–Kier alpha value is -3.19. The maximum Gasteiger partial charge on any atom is 0.273 e. The Bertz CT molecular complexity index is 1310. The molecule has 0 fully saturated rings. The quantitative estimate of drug-likeness (QED) is 0.546. The number of amides is 1. The highest BCUT2D eigenvalue weighted by Crippen LogP contribution is 2.20. The second kappa shape index (κ2) is 10.2. The number of para-hydroxylation sites is 2. The molecule has 2 heterocycles. The van der Waals surface area contributed by atoms with Gasteiger partial charge in [-0.05, 0) is 37.3 Å². The van der Waals surface area contributed by atoms with Gasteiger partial charge in [0.1, 0.15) is 16.5 Å². The van der Waals surface area contributed by atoms with Crippen molar-refractivity contribution in [3.8, 4) is 17.5 Å². The molecule has 0 spiro atoms. The number of aryl methyl sites for hydroxylation is 1. The molecule has 1 N–H and O–H groups in total.